The number of rotatable bonds is 1. The average molecular weight is 274 g/mol. The van der Waals surface area contributed by atoms with Gasteiger partial charge in [0.25, 0.3) is 5.91 Å². The van der Waals surface area contributed by atoms with E-state index in [1.165, 1.54) is 5.56 Å². The highest BCUT2D eigenvalue weighted by atomic mass is 16.5. The topological polar surface area (TPSA) is 41.6 Å². The molecule has 2 heterocycles. The monoisotopic (exact) mass is 274 g/mol. The molecule has 2 aliphatic heterocycles. The molecule has 1 aromatic rings. The van der Waals surface area contributed by atoms with Crippen molar-refractivity contribution in [3.05, 3.63) is 29.8 Å². The maximum absolute atomic E-state index is 12.8. The first kappa shape index (κ1) is 13.6. The van der Waals surface area contributed by atoms with Gasteiger partial charge in [-0.2, -0.15) is 0 Å². The third-order valence-electron chi connectivity index (χ3n) is 4.15. The molecular weight excluding hydrogens is 252 g/mol. The lowest BCUT2D eigenvalue weighted by Gasteiger charge is -2.27. The molecule has 1 saturated heterocycles. The van der Waals surface area contributed by atoms with Crippen LogP contribution in [-0.4, -0.2) is 30.7 Å². The number of para-hydroxylation sites is 1. The summed E-state index contributed by atoms with van der Waals surface area (Å²) in [5, 5.41) is 3.45. The molecule has 1 aromatic carbocycles. The second-order valence-corrected chi connectivity index (χ2v) is 5.87. The zero-order chi connectivity index (χ0) is 14.1. The van der Waals surface area contributed by atoms with Crippen LogP contribution >= 0.6 is 0 Å². The number of hydrogen-bond acceptors (Lipinski definition) is 3. The predicted octanol–water partition coefficient (Wildman–Crippen LogP) is 2.08. The minimum atomic E-state index is -0.275. The van der Waals surface area contributed by atoms with E-state index >= 15 is 0 Å². The van der Waals surface area contributed by atoms with Crippen LogP contribution < -0.4 is 10.2 Å². The van der Waals surface area contributed by atoms with Crippen LogP contribution in [0, 0.1) is 0 Å². The summed E-state index contributed by atoms with van der Waals surface area (Å²) in [6.45, 7) is 5.66. The Balaban J connectivity index is 1.88. The van der Waals surface area contributed by atoms with E-state index in [-0.39, 0.29) is 24.2 Å². The molecule has 0 spiro atoms. The number of carbonyl (C=O) groups is 1. The normalized spacial score (nSPS) is 29.9. The molecule has 20 heavy (non-hydrogen) atoms. The van der Waals surface area contributed by atoms with Gasteiger partial charge >= 0.3 is 0 Å². The van der Waals surface area contributed by atoms with Crippen molar-refractivity contribution >= 4 is 11.6 Å². The first-order chi connectivity index (χ1) is 9.65. The molecule has 2 aliphatic rings. The van der Waals surface area contributed by atoms with Crippen molar-refractivity contribution in [2.75, 3.05) is 11.4 Å². The van der Waals surface area contributed by atoms with E-state index in [1.54, 1.807) is 0 Å². The van der Waals surface area contributed by atoms with Crippen LogP contribution in [0.15, 0.2) is 24.3 Å². The van der Waals surface area contributed by atoms with Crippen molar-refractivity contribution < 1.29 is 9.53 Å². The summed E-state index contributed by atoms with van der Waals surface area (Å²) >= 11 is 0. The third-order valence-corrected chi connectivity index (χ3v) is 4.15. The minimum Gasteiger partial charge on any atom is -0.365 e. The van der Waals surface area contributed by atoms with E-state index in [2.05, 4.69) is 18.3 Å². The predicted molar refractivity (Wildman–Crippen MR) is 78.7 cm³/mol. The molecule has 0 radical (unpaired) electrons. The van der Waals surface area contributed by atoms with E-state index in [1.807, 2.05) is 30.0 Å². The van der Waals surface area contributed by atoms with Gasteiger partial charge < -0.3 is 15.0 Å². The van der Waals surface area contributed by atoms with Crippen LogP contribution in [0.4, 0.5) is 5.69 Å². The standard InChI is InChI=1S/C16H22N2O2/c1-11-10-18(16(19)15-8-7-12(2)20-15)14-6-4-3-5-13(14)9-17-11/h3-6,11-12,15,17H,7-10H2,1-2H3. The van der Waals surface area contributed by atoms with E-state index < -0.39 is 0 Å². The van der Waals surface area contributed by atoms with Gasteiger partial charge in [0.2, 0.25) is 0 Å². The molecule has 0 saturated carbocycles. The Labute approximate surface area is 120 Å². The summed E-state index contributed by atoms with van der Waals surface area (Å²) in [5.74, 6) is 0.109. The molecule has 1 amide bonds. The lowest BCUT2D eigenvalue weighted by atomic mass is 10.1. The molecular formula is C16H22N2O2. The SMILES string of the molecule is CC1CN(C(=O)C2CCC(C)O2)c2ccccc2CN1. The zero-order valence-electron chi connectivity index (χ0n) is 12.1. The Morgan fingerprint density at radius 2 is 2.10 bits per heavy atom. The summed E-state index contributed by atoms with van der Waals surface area (Å²) in [6.07, 6.45) is 1.73. The van der Waals surface area contributed by atoms with E-state index in [9.17, 15) is 4.79 Å². The Morgan fingerprint density at radius 1 is 1.30 bits per heavy atom. The average Bonchev–Trinajstić information content (AvgIpc) is 2.81. The van der Waals surface area contributed by atoms with Crippen LogP contribution in [-0.2, 0) is 16.1 Å². The van der Waals surface area contributed by atoms with Crippen LogP contribution in [0.5, 0.6) is 0 Å². The molecule has 3 atom stereocenters. The van der Waals surface area contributed by atoms with Crippen molar-refractivity contribution in [3.8, 4) is 0 Å². The van der Waals surface area contributed by atoms with Gasteiger partial charge in [-0.05, 0) is 38.3 Å². The summed E-state index contributed by atoms with van der Waals surface area (Å²) < 4.78 is 5.76. The second kappa shape index (κ2) is 5.54. The Bertz CT molecular complexity index is 503. The van der Waals surface area contributed by atoms with E-state index in [4.69, 9.17) is 4.74 Å². The molecule has 3 rings (SSSR count). The molecule has 1 fully saturated rings. The maximum Gasteiger partial charge on any atom is 0.256 e. The number of ether oxygens (including phenoxy) is 1. The third kappa shape index (κ3) is 2.58. The zero-order valence-corrected chi connectivity index (χ0v) is 12.1. The second-order valence-electron chi connectivity index (χ2n) is 5.87. The Kier molecular flexibility index (Phi) is 3.76. The van der Waals surface area contributed by atoms with E-state index in [0.717, 1.165) is 25.1 Å². The highest BCUT2D eigenvalue weighted by molar-refractivity contribution is 5.97. The van der Waals surface area contributed by atoms with Gasteiger partial charge in [-0.25, -0.2) is 0 Å². The van der Waals surface area contributed by atoms with Crippen LogP contribution in [0.2, 0.25) is 0 Å². The van der Waals surface area contributed by atoms with Gasteiger partial charge in [0.15, 0.2) is 0 Å². The van der Waals surface area contributed by atoms with Crippen LogP contribution in [0.3, 0.4) is 0 Å². The highest BCUT2D eigenvalue weighted by Gasteiger charge is 2.34. The first-order valence-corrected chi connectivity index (χ1v) is 7.43. The lowest BCUT2D eigenvalue weighted by molar-refractivity contribution is -0.129. The summed E-state index contributed by atoms with van der Waals surface area (Å²) in [5.41, 5.74) is 2.20. The largest absolute Gasteiger partial charge is 0.365 e. The van der Waals surface area contributed by atoms with Crippen molar-refractivity contribution in [3.63, 3.8) is 0 Å². The molecule has 4 nitrogen and oxygen atoms in total. The lowest BCUT2D eigenvalue weighted by Crippen LogP contribution is -2.44. The highest BCUT2D eigenvalue weighted by Crippen LogP contribution is 2.27. The number of nitrogens with zero attached hydrogens (tertiary/aromatic N) is 1. The fourth-order valence-electron chi connectivity index (χ4n) is 3.01. The van der Waals surface area contributed by atoms with Crippen LogP contribution in [0.1, 0.15) is 32.3 Å². The number of fused-ring (bicyclic) bond motifs is 1. The molecule has 0 aromatic heterocycles. The summed E-state index contributed by atoms with van der Waals surface area (Å²) in [4.78, 5) is 14.7. The van der Waals surface area contributed by atoms with Crippen molar-refractivity contribution in [2.24, 2.45) is 0 Å². The van der Waals surface area contributed by atoms with E-state index in [0.29, 0.717) is 6.54 Å². The fraction of sp³-hybridized carbons (Fsp3) is 0.562. The minimum absolute atomic E-state index is 0.109. The molecule has 3 unspecified atom stereocenters. The molecule has 1 N–H and O–H groups in total. The first-order valence-electron chi connectivity index (χ1n) is 7.43. The Hall–Kier alpha value is -1.39. The van der Waals surface area contributed by atoms with Gasteiger partial charge in [-0.1, -0.05) is 18.2 Å². The smallest absolute Gasteiger partial charge is 0.256 e. The van der Waals surface area contributed by atoms with Crippen molar-refractivity contribution in [1.82, 2.24) is 5.32 Å². The molecule has 0 aliphatic carbocycles. The van der Waals surface area contributed by atoms with Gasteiger partial charge in [-0.15, -0.1) is 0 Å². The number of carbonyl (C=O) groups excluding carboxylic acids is 1. The number of nitrogens with one attached hydrogen (secondary N) is 1. The summed E-state index contributed by atoms with van der Waals surface area (Å²) in [6, 6.07) is 8.41. The van der Waals surface area contributed by atoms with Gasteiger partial charge in [-0.3, -0.25) is 4.79 Å². The maximum atomic E-state index is 12.8. The molecule has 0 bridgehead atoms. The summed E-state index contributed by atoms with van der Waals surface area (Å²) in [7, 11) is 0. The van der Waals surface area contributed by atoms with Gasteiger partial charge in [0, 0.05) is 24.8 Å². The van der Waals surface area contributed by atoms with Gasteiger partial charge in [0.05, 0.1) is 6.10 Å². The van der Waals surface area contributed by atoms with Crippen molar-refractivity contribution in [2.45, 2.75) is 51.5 Å². The quantitative estimate of drug-likeness (QED) is 0.852. The van der Waals surface area contributed by atoms with Gasteiger partial charge in [0.1, 0.15) is 6.10 Å². The van der Waals surface area contributed by atoms with Crippen LogP contribution in [0.25, 0.3) is 0 Å². The van der Waals surface area contributed by atoms with Crippen molar-refractivity contribution in [1.29, 1.82) is 0 Å². The number of benzene rings is 1. The number of anilines is 1. The number of hydrogen-bond donors (Lipinski definition) is 1. The fourth-order valence-corrected chi connectivity index (χ4v) is 3.01. The molecule has 4 heteroatoms. The Morgan fingerprint density at radius 3 is 2.85 bits per heavy atom. The molecule has 108 valence electrons. The number of amides is 1.